The summed E-state index contributed by atoms with van der Waals surface area (Å²) in [6.07, 6.45) is 8.05. The topological polar surface area (TPSA) is 125 Å². The summed E-state index contributed by atoms with van der Waals surface area (Å²) in [7, 11) is 0. The largest absolute Gasteiger partial charge is 0.462 e. The van der Waals surface area contributed by atoms with Crippen LogP contribution in [0.3, 0.4) is 0 Å². The Kier molecular flexibility index (Phi) is 17.2. The third-order valence-electron chi connectivity index (χ3n) is 6.93. The standard InChI is InChI=1S/C33H58O9/c1-11-13-20-31(6,7)41-27(36)17-15-14-16-21-32(8,9)42-28(37)19-18-26(35)39-22-25(34)23-40-29(38)33(10,12-2)24-30(3,4)5/h18-19,25,34H,11-17,20-24H2,1-10H3/b19-18+. The third kappa shape index (κ3) is 18.9. The molecule has 0 bridgehead atoms. The number of hydrogen-bond acceptors (Lipinski definition) is 9. The molecule has 0 aromatic heterocycles. The zero-order chi connectivity index (χ0) is 32.6. The van der Waals surface area contributed by atoms with Crippen LogP contribution >= 0.6 is 0 Å². The highest BCUT2D eigenvalue weighted by molar-refractivity contribution is 5.91. The number of carbonyl (C=O) groups is 4. The first-order valence-corrected chi connectivity index (χ1v) is 15.4. The lowest BCUT2D eigenvalue weighted by molar-refractivity contribution is -0.162. The molecular weight excluding hydrogens is 540 g/mol. The molecule has 2 atom stereocenters. The summed E-state index contributed by atoms with van der Waals surface area (Å²) in [6, 6.07) is 0. The van der Waals surface area contributed by atoms with Crippen molar-refractivity contribution < 1.29 is 43.2 Å². The Hall–Kier alpha value is -2.42. The summed E-state index contributed by atoms with van der Waals surface area (Å²) in [5.74, 6) is -2.11. The first-order valence-electron chi connectivity index (χ1n) is 15.4. The van der Waals surface area contributed by atoms with E-state index in [-0.39, 0.29) is 24.6 Å². The van der Waals surface area contributed by atoms with E-state index in [1.165, 1.54) is 0 Å². The first-order chi connectivity index (χ1) is 19.2. The van der Waals surface area contributed by atoms with Crippen LogP contribution in [-0.2, 0) is 38.1 Å². The third-order valence-corrected chi connectivity index (χ3v) is 6.93. The monoisotopic (exact) mass is 598 g/mol. The molecule has 9 nitrogen and oxygen atoms in total. The molecule has 0 spiro atoms. The summed E-state index contributed by atoms with van der Waals surface area (Å²) in [4.78, 5) is 48.9. The lowest BCUT2D eigenvalue weighted by Crippen LogP contribution is -2.35. The Labute approximate surface area is 254 Å². The van der Waals surface area contributed by atoms with Gasteiger partial charge in [0.1, 0.15) is 30.5 Å². The molecular formula is C33H58O9. The average molecular weight is 599 g/mol. The molecule has 0 amide bonds. The van der Waals surface area contributed by atoms with E-state index in [0.29, 0.717) is 32.1 Å². The fourth-order valence-electron chi connectivity index (χ4n) is 4.64. The quantitative estimate of drug-likeness (QED) is 0.0711. The Morgan fingerprint density at radius 1 is 0.714 bits per heavy atom. The summed E-state index contributed by atoms with van der Waals surface area (Å²) >= 11 is 0. The Bertz CT molecular complexity index is 882. The molecule has 0 aliphatic rings. The Morgan fingerprint density at radius 3 is 1.83 bits per heavy atom. The maximum atomic E-state index is 12.6. The van der Waals surface area contributed by atoms with Crippen LogP contribution < -0.4 is 0 Å². The summed E-state index contributed by atoms with van der Waals surface area (Å²) in [5, 5.41) is 10.1. The zero-order valence-corrected chi connectivity index (χ0v) is 27.9. The van der Waals surface area contributed by atoms with E-state index in [1.54, 1.807) is 13.8 Å². The van der Waals surface area contributed by atoms with Crippen molar-refractivity contribution in [1.29, 1.82) is 0 Å². The summed E-state index contributed by atoms with van der Waals surface area (Å²) in [6.45, 7) is 18.8. The predicted molar refractivity (Wildman–Crippen MR) is 162 cm³/mol. The van der Waals surface area contributed by atoms with E-state index < -0.39 is 40.6 Å². The van der Waals surface area contributed by atoms with Crippen molar-refractivity contribution in [3.63, 3.8) is 0 Å². The van der Waals surface area contributed by atoms with Crippen molar-refractivity contribution in [3.05, 3.63) is 12.2 Å². The van der Waals surface area contributed by atoms with Gasteiger partial charge >= 0.3 is 23.9 Å². The van der Waals surface area contributed by atoms with Crippen LogP contribution in [0.5, 0.6) is 0 Å². The van der Waals surface area contributed by atoms with Gasteiger partial charge in [0.25, 0.3) is 0 Å². The fourth-order valence-corrected chi connectivity index (χ4v) is 4.64. The molecule has 0 saturated carbocycles. The highest BCUT2D eigenvalue weighted by atomic mass is 16.6. The van der Waals surface area contributed by atoms with Gasteiger partial charge in [-0.05, 0) is 85.0 Å². The molecule has 0 aliphatic heterocycles. The number of aliphatic hydroxyl groups excluding tert-OH is 1. The SMILES string of the molecule is CCCCC(C)(C)OC(=O)CCCCCC(C)(C)OC(=O)/C=C/C(=O)OCC(O)COC(=O)C(C)(CC)CC(C)(C)C. The number of hydrogen-bond donors (Lipinski definition) is 1. The normalized spacial score (nSPS) is 14.6. The minimum Gasteiger partial charge on any atom is -0.462 e. The van der Waals surface area contributed by atoms with Gasteiger partial charge in [-0.25, -0.2) is 9.59 Å². The molecule has 9 heteroatoms. The molecule has 0 saturated heterocycles. The van der Waals surface area contributed by atoms with Gasteiger partial charge in [-0.1, -0.05) is 47.5 Å². The second kappa shape index (κ2) is 18.3. The number of carbonyl (C=O) groups excluding carboxylic acids is 4. The van der Waals surface area contributed by atoms with Gasteiger partial charge < -0.3 is 24.1 Å². The Morgan fingerprint density at radius 2 is 1.26 bits per heavy atom. The van der Waals surface area contributed by atoms with Gasteiger partial charge in [0.05, 0.1) is 5.41 Å². The fraction of sp³-hybridized carbons (Fsp3) is 0.818. The van der Waals surface area contributed by atoms with Crippen molar-refractivity contribution >= 4 is 23.9 Å². The molecule has 0 heterocycles. The van der Waals surface area contributed by atoms with Crippen LogP contribution in [0.15, 0.2) is 12.2 Å². The van der Waals surface area contributed by atoms with Crippen molar-refractivity contribution in [3.8, 4) is 0 Å². The smallest absolute Gasteiger partial charge is 0.331 e. The summed E-state index contributed by atoms with van der Waals surface area (Å²) < 4.78 is 21.3. The van der Waals surface area contributed by atoms with Crippen molar-refractivity contribution in [2.24, 2.45) is 10.8 Å². The molecule has 0 radical (unpaired) electrons. The van der Waals surface area contributed by atoms with E-state index in [4.69, 9.17) is 18.9 Å². The number of ether oxygens (including phenoxy) is 4. The van der Waals surface area contributed by atoms with Gasteiger partial charge in [-0.2, -0.15) is 0 Å². The second-order valence-corrected chi connectivity index (χ2v) is 13.9. The number of esters is 4. The molecule has 244 valence electrons. The first kappa shape index (κ1) is 39.6. The minimum absolute atomic E-state index is 0.0666. The number of rotatable bonds is 20. The van der Waals surface area contributed by atoms with Crippen LogP contribution in [0.25, 0.3) is 0 Å². The van der Waals surface area contributed by atoms with Gasteiger partial charge in [-0.15, -0.1) is 0 Å². The highest BCUT2D eigenvalue weighted by Gasteiger charge is 2.37. The van der Waals surface area contributed by atoms with Crippen LogP contribution in [0, 0.1) is 10.8 Å². The van der Waals surface area contributed by atoms with Crippen molar-refractivity contribution in [2.45, 2.75) is 151 Å². The van der Waals surface area contributed by atoms with Crippen molar-refractivity contribution in [2.75, 3.05) is 13.2 Å². The number of aliphatic hydroxyl groups is 1. The highest BCUT2D eigenvalue weighted by Crippen LogP contribution is 2.37. The predicted octanol–water partition coefficient (Wildman–Crippen LogP) is 6.63. The second-order valence-electron chi connectivity index (χ2n) is 13.9. The number of unbranched alkanes of at least 4 members (excludes halogenated alkanes) is 3. The van der Waals surface area contributed by atoms with Crippen LogP contribution in [0.4, 0.5) is 0 Å². The average Bonchev–Trinajstić information content (AvgIpc) is 2.86. The lowest BCUT2D eigenvalue weighted by atomic mass is 9.73. The van der Waals surface area contributed by atoms with E-state index in [0.717, 1.165) is 44.3 Å². The van der Waals surface area contributed by atoms with Gasteiger partial charge in [0.2, 0.25) is 0 Å². The molecule has 0 aliphatic carbocycles. The van der Waals surface area contributed by atoms with E-state index in [9.17, 15) is 24.3 Å². The molecule has 0 fully saturated rings. The van der Waals surface area contributed by atoms with E-state index >= 15 is 0 Å². The zero-order valence-electron chi connectivity index (χ0n) is 27.9. The molecule has 2 unspecified atom stereocenters. The van der Waals surface area contributed by atoms with Gasteiger partial charge in [-0.3, -0.25) is 9.59 Å². The molecule has 0 aromatic rings. The van der Waals surface area contributed by atoms with Gasteiger partial charge in [0.15, 0.2) is 0 Å². The van der Waals surface area contributed by atoms with Crippen molar-refractivity contribution in [1.82, 2.24) is 0 Å². The maximum Gasteiger partial charge on any atom is 0.331 e. The van der Waals surface area contributed by atoms with E-state index in [2.05, 4.69) is 6.92 Å². The summed E-state index contributed by atoms with van der Waals surface area (Å²) in [5.41, 5.74) is -1.94. The lowest BCUT2D eigenvalue weighted by Gasteiger charge is -2.33. The molecule has 0 aromatic carbocycles. The molecule has 0 rings (SSSR count). The maximum absolute atomic E-state index is 12.6. The molecule has 1 N–H and O–H groups in total. The minimum atomic E-state index is -1.19. The van der Waals surface area contributed by atoms with E-state index in [1.807, 2.05) is 48.5 Å². The van der Waals surface area contributed by atoms with Crippen LogP contribution in [0.2, 0.25) is 0 Å². The Balaban J connectivity index is 4.37. The molecule has 42 heavy (non-hydrogen) atoms. The van der Waals surface area contributed by atoms with Gasteiger partial charge in [0, 0.05) is 18.6 Å². The van der Waals surface area contributed by atoms with Crippen LogP contribution in [-0.4, -0.2) is 59.5 Å². The van der Waals surface area contributed by atoms with Crippen LogP contribution in [0.1, 0.15) is 133 Å².